The van der Waals surface area contributed by atoms with Crippen LogP contribution in [0.15, 0.2) is 30.7 Å². The van der Waals surface area contributed by atoms with Crippen LogP contribution in [0.4, 0.5) is 10.6 Å². The van der Waals surface area contributed by atoms with Crippen molar-refractivity contribution in [1.29, 1.82) is 0 Å². The van der Waals surface area contributed by atoms with Crippen LogP contribution in [0.25, 0.3) is 22.2 Å². The summed E-state index contributed by atoms with van der Waals surface area (Å²) in [4.78, 5) is 21.3. The number of hydrogen-bond donors (Lipinski definition) is 2. The summed E-state index contributed by atoms with van der Waals surface area (Å²) >= 11 is 0. The number of urea groups is 1. The topological polar surface area (TPSA) is 84.7 Å². The number of fused-ring (bicyclic) bond motifs is 1. The number of anilines is 1. The molecule has 0 atom stereocenters. The van der Waals surface area contributed by atoms with Crippen molar-refractivity contribution in [1.82, 2.24) is 25.1 Å². The number of nitrogens with zero attached hydrogens (tertiary/aromatic N) is 4. The number of amides is 2. The van der Waals surface area contributed by atoms with E-state index >= 15 is 0 Å². The minimum absolute atomic E-state index is 0.197. The van der Waals surface area contributed by atoms with E-state index in [2.05, 4.69) is 25.7 Å². The van der Waals surface area contributed by atoms with Crippen LogP contribution in [0.1, 0.15) is 31.2 Å². The smallest absolute Gasteiger partial charge is 0.320 e. The molecule has 7 nitrogen and oxygen atoms in total. The van der Waals surface area contributed by atoms with Gasteiger partial charge in [0.25, 0.3) is 0 Å². The maximum atomic E-state index is 12.2. The fourth-order valence-corrected chi connectivity index (χ4v) is 3.52. The zero-order valence-corrected chi connectivity index (χ0v) is 15.0. The summed E-state index contributed by atoms with van der Waals surface area (Å²) in [5.41, 5.74) is 4.59. The van der Waals surface area contributed by atoms with Crippen molar-refractivity contribution in [2.75, 3.05) is 5.32 Å². The van der Waals surface area contributed by atoms with Crippen LogP contribution in [0.5, 0.6) is 0 Å². The molecular formula is C19H22N6O. The lowest BCUT2D eigenvalue weighted by atomic mass is 10.0. The first-order chi connectivity index (χ1) is 12.6. The van der Waals surface area contributed by atoms with Crippen molar-refractivity contribution in [2.45, 2.75) is 38.6 Å². The molecule has 1 saturated carbocycles. The van der Waals surface area contributed by atoms with Gasteiger partial charge in [0.05, 0.1) is 17.2 Å². The number of carbonyl (C=O) groups is 1. The van der Waals surface area contributed by atoms with Gasteiger partial charge in [-0.05, 0) is 37.5 Å². The van der Waals surface area contributed by atoms with E-state index in [1.165, 1.54) is 12.8 Å². The van der Waals surface area contributed by atoms with E-state index < -0.39 is 0 Å². The number of pyridine rings is 2. The third-order valence-corrected chi connectivity index (χ3v) is 4.91. The van der Waals surface area contributed by atoms with Crippen LogP contribution in [-0.4, -0.2) is 31.8 Å². The molecule has 3 heterocycles. The zero-order chi connectivity index (χ0) is 18.1. The summed E-state index contributed by atoms with van der Waals surface area (Å²) in [6.07, 6.45) is 10.1. The summed E-state index contributed by atoms with van der Waals surface area (Å²) in [6, 6.07) is 3.74. The molecule has 1 aliphatic carbocycles. The van der Waals surface area contributed by atoms with E-state index in [1.807, 2.05) is 38.6 Å². The van der Waals surface area contributed by atoms with E-state index in [9.17, 15) is 4.79 Å². The normalized spacial score (nSPS) is 14.7. The van der Waals surface area contributed by atoms with Gasteiger partial charge in [-0.1, -0.05) is 12.8 Å². The van der Waals surface area contributed by atoms with Gasteiger partial charge >= 0.3 is 6.03 Å². The molecule has 0 aliphatic heterocycles. The highest BCUT2D eigenvalue weighted by Crippen LogP contribution is 2.27. The van der Waals surface area contributed by atoms with Gasteiger partial charge in [0.1, 0.15) is 5.82 Å². The lowest BCUT2D eigenvalue weighted by molar-refractivity contribution is 0.248. The minimum Gasteiger partial charge on any atom is -0.335 e. The van der Waals surface area contributed by atoms with Gasteiger partial charge < -0.3 is 5.32 Å². The Morgan fingerprint density at radius 1 is 1.23 bits per heavy atom. The molecule has 2 amide bonds. The molecular weight excluding hydrogens is 328 g/mol. The predicted molar refractivity (Wildman–Crippen MR) is 101 cm³/mol. The van der Waals surface area contributed by atoms with Crippen LogP contribution in [0.2, 0.25) is 0 Å². The van der Waals surface area contributed by atoms with Crippen molar-refractivity contribution in [3.8, 4) is 11.1 Å². The average Bonchev–Trinajstić information content (AvgIpc) is 3.27. The molecule has 2 N–H and O–H groups in total. The summed E-state index contributed by atoms with van der Waals surface area (Å²) in [6.45, 7) is 2.02. The molecule has 7 heteroatoms. The first kappa shape index (κ1) is 16.5. The molecule has 0 bridgehead atoms. The Hall–Kier alpha value is -2.96. The Morgan fingerprint density at radius 3 is 2.77 bits per heavy atom. The number of carbonyl (C=O) groups excluding carboxylic acids is 1. The zero-order valence-electron chi connectivity index (χ0n) is 15.0. The quantitative estimate of drug-likeness (QED) is 0.758. The molecule has 0 radical (unpaired) electrons. The average molecular weight is 350 g/mol. The Morgan fingerprint density at radius 2 is 2.04 bits per heavy atom. The van der Waals surface area contributed by atoms with Gasteiger partial charge in [0.15, 0.2) is 0 Å². The molecule has 1 fully saturated rings. The van der Waals surface area contributed by atoms with Gasteiger partial charge in [-0.15, -0.1) is 0 Å². The van der Waals surface area contributed by atoms with Gasteiger partial charge in [0.2, 0.25) is 0 Å². The van der Waals surface area contributed by atoms with Crippen LogP contribution in [-0.2, 0) is 7.05 Å². The highest BCUT2D eigenvalue weighted by Gasteiger charge is 2.17. The van der Waals surface area contributed by atoms with E-state index in [4.69, 9.17) is 0 Å². The molecule has 134 valence electrons. The molecule has 4 rings (SSSR count). The molecule has 3 aromatic heterocycles. The molecule has 0 unspecified atom stereocenters. The van der Waals surface area contributed by atoms with Crippen molar-refractivity contribution in [3.05, 3.63) is 36.3 Å². The summed E-state index contributed by atoms with van der Waals surface area (Å²) in [5, 5.41) is 10.1. The highest BCUT2D eigenvalue weighted by atomic mass is 16.2. The molecule has 0 saturated heterocycles. The second-order valence-corrected chi connectivity index (χ2v) is 6.84. The fraction of sp³-hybridized carbons (Fsp3) is 0.368. The molecule has 0 spiro atoms. The fourth-order valence-electron chi connectivity index (χ4n) is 3.52. The third-order valence-electron chi connectivity index (χ3n) is 4.91. The van der Waals surface area contributed by atoms with E-state index in [0.29, 0.717) is 5.82 Å². The highest BCUT2D eigenvalue weighted by molar-refractivity contribution is 5.91. The second-order valence-electron chi connectivity index (χ2n) is 6.84. The van der Waals surface area contributed by atoms with Gasteiger partial charge in [-0.2, -0.15) is 5.10 Å². The largest absolute Gasteiger partial charge is 0.335 e. The SMILES string of the molecule is Cc1c(-c2cnn(C)c2)cnc2ccc(NC(=O)NC3CCCC3)nc12. The second kappa shape index (κ2) is 6.74. The number of aromatic nitrogens is 4. The van der Waals surface area contributed by atoms with Gasteiger partial charge in [-0.3, -0.25) is 15.0 Å². The number of hydrogen-bond acceptors (Lipinski definition) is 4. The Kier molecular flexibility index (Phi) is 4.28. The first-order valence-electron chi connectivity index (χ1n) is 8.93. The predicted octanol–water partition coefficient (Wildman–Crippen LogP) is 3.40. The lowest BCUT2D eigenvalue weighted by Crippen LogP contribution is -2.36. The van der Waals surface area contributed by atoms with E-state index in [-0.39, 0.29) is 12.1 Å². The van der Waals surface area contributed by atoms with Crippen molar-refractivity contribution >= 4 is 22.9 Å². The van der Waals surface area contributed by atoms with Gasteiger partial charge in [-0.25, -0.2) is 9.78 Å². The maximum Gasteiger partial charge on any atom is 0.320 e. The van der Waals surface area contributed by atoms with Crippen molar-refractivity contribution < 1.29 is 4.79 Å². The van der Waals surface area contributed by atoms with Gasteiger partial charge in [0, 0.05) is 36.6 Å². The maximum absolute atomic E-state index is 12.2. The summed E-state index contributed by atoms with van der Waals surface area (Å²) in [7, 11) is 1.89. The van der Waals surface area contributed by atoms with Crippen LogP contribution in [0, 0.1) is 6.92 Å². The Labute approximate surface area is 151 Å². The monoisotopic (exact) mass is 350 g/mol. The van der Waals surface area contributed by atoms with Crippen LogP contribution < -0.4 is 10.6 Å². The number of nitrogens with one attached hydrogen (secondary N) is 2. The van der Waals surface area contributed by atoms with Crippen LogP contribution >= 0.6 is 0 Å². The first-order valence-corrected chi connectivity index (χ1v) is 8.93. The summed E-state index contributed by atoms with van der Waals surface area (Å²) in [5.74, 6) is 0.529. The minimum atomic E-state index is -0.197. The molecule has 26 heavy (non-hydrogen) atoms. The number of rotatable bonds is 3. The van der Waals surface area contributed by atoms with Crippen LogP contribution in [0.3, 0.4) is 0 Å². The van der Waals surface area contributed by atoms with E-state index in [0.717, 1.165) is 40.6 Å². The molecule has 3 aromatic rings. The van der Waals surface area contributed by atoms with E-state index in [1.54, 1.807) is 10.7 Å². The third kappa shape index (κ3) is 3.24. The lowest BCUT2D eigenvalue weighted by Gasteiger charge is -2.13. The summed E-state index contributed by atoms with van der Waals surface area (Å²) < 4.78 is 1.76. The molecule has 0 aromatic carbocycles. The standard InChI is InChI=1S/C19H22N6O/c1-12-15(13-9-21-25(2)11-13)10-20-16-7-8-17(23-18(12)16)24-19(26)22-14-5-3-4-6-14/h7-11,14H,3-6H2,1-2H3,(H2,22,23,24,26). The van der Waals surface area contributed by atoms with Crippen molar-refractivity contribution in [3.63, 3.8) is 0 Å². The Balaban J connectivity index is 1.61. The van der Waals surface area contributed by atoms with Crippen molar-refractivity contribution in [2.24, 2.45) is 7.05 Å². The molecule has 1 aliphatic rings. The Bertz CT molecular complexity index is 958. The number of aryl methyl sites for hydroxylation is 2.